The molecule has 25 heavy (non-hydrogen) atoms. The molecule has 0 saturated heterocycles. The SMILES string of the molecule is CCCN(CC(=O)Nc1ccc(Cl)cc1Cl)C(=O)c1cc(Br)cn1C. The van der Waals surface area contributed by atoms with Crippen LogP contribution in [0.2, 0.25) is 10.0 Å². The molecular formula is C17H18BrCl2N3O2. The fraction of sp³-hybridized carbons (Fsp3) is 0.294. The summed E-state index contributed by atoms with van der Waals surface area (Å²) in [5.74, 6) is -0.522. The molecule has 1 heterocycles. The zero-order valence-electron chi connectivity index (χ0n) is 13.9. The average molecular weight is 447 g/mol. The van der Waals surface area contributed by atoms with Gasteiger partial charge in [-0.05, 0) is 46.6 Å². The van der Waals surface area contributed by atoms with Crippen LogP contribution in [-0.2, 0) is 11.8 Å². The molecule has 5 nitrogen and oxygen atoms in total. The van der Waals surface area contributed by atoms with Crippen molar-refractivity contribution in [2.75, 3.05) is 18.4 Å². The minimum atomic E-state index is -0.320. The second-order valence-electron chi connectivity index (χ2n) is 5.55. The van der Waals surface area contributed by atoms with Crippen molar-refractivity contribution in [3.8, 4) is 0 Å². The summed E-state index contributed by atoms with van der Waals surface area (Å²) >= 11 is 15.3. The predicted octanol–water partition coefficient (Wildman–Crippen LogP) is 4.59. The van der Waals surface area contributed by atoms with Crippen LogP contribution in [0.4, 0.5) is 5.69 Å². The first kappa shape index (κ1) is 19.8. The van der Waals surface area contributed by atoms with E-state index in [1.54, 1.807) is 42.1 Å². The van der Waals surface area contributed by atoms with Gasteiger partial charge in [-0.3, -0.25) is 9.59 Å². The van der Waals surface area contributed by atoms with Crippen LogP contribution in [0, 0.1) is 0 Å². The number of amides is 2. The largest absolute Gasteiger partial charge is 0.345 e. The van der Waals surface area contributed by atoms with Crippen LogP contribution in [0.1, 0.15) is 23.8 Å². The Balaban J connectivity index is 2.11. The van der Waals surface area contributed by atoms with E-state index in [9.17, 15) is 9.59 Å². The van der Waals surface area contributed by atoms with E-state index < -0.39 is 0 Å². The molecule has 0 aliphatic heterocycles. The standard InChI is InChI=1S/C17H18BrCl2N3O2/c1-3-6-23(17(25)15-7-11(18)9-22(15)2)10-16(24)21-14-5-4-12(19)8-13(14)20/h4-5,7-9H,3,6,10H2,1-2H3,(H,21,24). The Kier molecular flexibility index (Phi) is 6.93. The summed E-state index contributed by atoms with van der Waals surface area (Å²) < 4.78 is 2.54. The predicted molar refractivity (Wildman–Crippen MR) is 104 cm³/mol. The lowest BCUT2D eigenvalue weighted by Gasteiger charge is -2.22. The van der Waals surface area contributed by atoms with Crippen molar-refractivity contribution in [3.63, 3.8) is 0 Å². The summed E-state index contributed by atoms with van der Waals surface area (Å²) in [6.07, 6.45) is 2.54. The van der Waals surface area contributed by atoms with Gasteiger partial charge in [0.25, 0.3) is 5.91 Å². The van der Waals surface area contributed by atoms with Crippen molar-refractivity contribution in [2.24, 2.45) is 7.05 Å². The van der Waals surface area contributed by atoms with Gasteiger partial charge >= 0.3 is 0 Å². The molecule has 1 aromatic carbocycles. The van der Waals surface area contributed by atoms with Crippen LogP contribution < -0.4 is 5.32 Å². The van der Waals surface area contributed by atoms with Gasteiger partial charge in [0, 0.05) is 29.3 Å². The van der Waals surface area contributed by atoms with Crippen molar-refractivity contribution in [1.82, 2.24) is 9.47 Å². The first-order valence-electron chi connectivity index (χ1n) is 7.67. The lowest BCUT2D eigenvalue weighted by molar-refractivity contribution is -0.116. The molecule has 0 aliphatic rings. The monoisotopic (exact) mass is 445 g/mol. The number of aromatic nitrogens is 1. The smallest absolute Gasteiger partial charge is 0.270 e. The first-order valence-corrected chi connectivity index (χ1v) is 9.22. The van der Waals surface area contributed by atoms with Crippen LogP contribution in [0.3, 0.4) is 0 Å². The molecule has 0 aliphatic carbocycles. The van der Waals surface area contributed by atoms with Crippen LogP contribution in [0.25, 0.3) is 0 Å². The molecule has 0 bridgehead atoms. The minimum absolute atomic E-state index is 0.0611. The van der Waals surface area contributed by atoms with Crippen LogP contribution in [0.5, 0.6) is 0 Å². The molecule has 0 spiro atoms. The molecule has 8 heteroatoms. The molecule has 2 aromatic rings. The minimum Gasteiger partial charge on any atom is -0.345 e. The fourth-order valence-corrected chi connectivity index (χ4v) is 3.35. The van der Waals surface area contributed by atoms with Crippen LogP contribution in [0.15, 0.2) is 34.9 Å². The summed E-state index contributed by atoms with van der Waals surface area (Å²) in [5.41, 5.74) is 0.972. The molecule has 134 valence electrons. The van der Waals surface area contributed by atoms with Gasteiger partial charge in [-0.2, -0.15) is 0 Å². The second kappa shape index (κ2) is 8.74. The van der Waals surface area contributed by atoms with Crippen LogP contribution >= 0.6 is 39.1 Å². The van der Waals surface area contributed by atoms with Crippen molar-refractivity contribution >= 4 is 56.6 Å². The number of rotatable bonds is 6. The summed E-state index contributed by atoms with van der Waals surface area (Å²) in [7, 11) is 1.79. The Bertz CT molecular complexity index is 792. The van der Waals surface area contributed by atoms with E-state index in [0.29, 0.717) is 28.0 Å². The maximum atomic E-state index is 12.7. The summed E-state index contributed by atoms with van der Waals surface area (Å²) in [4.78, 5) is 26.6. The Morgan fingerprint density at radius 3 is 2.56 bits per heavy atom. The van der Waals surface area contributed by atoms with Gasteiger partial charge < -0.3 is 14.8 Å². The third-order valence-electron chi connectivity index (χ3n) is 3.51. The van der Waals surface area contributed by atoms with E-state index in [4.69, 9.17) is 23.2 Å². The number of benzene rings is 1. The van der Waals surface area contributed by atoms with E-state index in [0.717, 1.165) is 10.9 Å². The normalized spacial score (nSPS) is 10.6. The highest BCUT2D eigenvalue weighted by Gasteiger charge is 2.21. The highest BCUT2D eigenvalue weighted by molar-refractivity contribution is 9.10. The molecule has 0 atom stereocenters. The van der Waals surface area contributed by atoms with Gasteiger partial charge in [0.15, 0.2) is 0 Å². The number of hydrogen-bond donors (Lipinski definition) is 1. The Morgan fingerprint density at radius 2 is 2.00 bits per heavy atom. The quantitative estimate of drug-likeness (QED) is 0.705. The Hall–Kier alpha value is -1.50. The molecule has 0 fully saturated rings. The van der Waals surface area contributed by atoms with Gasteiger partial charge in [0.1, 0.15) is 12.2 Å². The summed E-state index contributed by atoms with van der Waals surface area (Å²) in [5, 5.41) is 3.55. The van der Waals surface area contributed by atoms with Gasteiger partial charge in [0.05, 0.1) is 10.7 Å². The molecule has 2 amide bonds. The van der Waals surface area contributed by atoms with E-state index >= 15 is 0 Å². The highest BCUT2D eigenvalue weighted by atomic mass is 79.9. The maximum Gasteiger partial charge on any atom is 0.270 e. The van der Waals surface area contributed by atoms with Crippen molar-refractivity contribution < 1.29 is 9.59 Å². The maximum absolute atomic E-state index is 12.7. The number of hydrogen-bond acceptors (Lipinski definition) is 2. The molecule has 0 unspecified atom stereocenters. The number of carbonyl (C=O) groups excluding carboxylic acids is 2. The number of anilines is 1. The summed E-state index contributed by atoms with van der Waals surface area (Å²) in [6, 6.07) is 6.55. The number of nitrogens with zero attached hydrogens (tertiary/aromatic N) is 2. The van der Waals surface area contributed by atoms with E-state index in [1.165, 1.54) is 4.90 Å². The number of halogens is 3. The van der Waals surface area contributed by atoms with E-state index in [2.05, 4.69) is 21.2 Å². The lowest BCUT2D eigenvalue weighted by atomic mass is 10.3. The number of aryl methyl sites for hydroxylation is 1. The van der Waals surface area contributed by atoms with Gasteiger partial charge in [-0.1, -0.05) is 30.1 Å². The lowest BCUT2D eigenvalue weighted by Crippen LogP contribution is -2.39. The zero-order valence-corrected chi connectivity index (χ0v) is 17.0. The first-order chi connectivity index (χ1) is 11.8. The highest BCUT2D eigenvalue weighted by Crippen LogP contribution is 2.25. The topological polar surface area (TPSA) is 54.3 Å². The third-order valence-corrected chi connectivity index (χ3v) is 4.49. The molecular weight excluding hydrogens is 429 g/mol. The molecule has 2 rings (SSSR count). The van der Waals surface area contributed by atoms with E-state index in [-0.39, 0.29) is 18.4 Å². The van der Waals surface area contributed by atoms with Crippen molar-refractivity contribution in [1.29, 1.82) is 0 Å². The van der Waals surface area contributed by atoms with Crippen LogP contribution in [-0.4, -0.2) is 34.4 Å². The third kappa shape index (κ3) is 5.23. The molecule has 0 saturated carbocycles. The molecule has 0 radical (unpaired) electrons. The van der Waals surface area contributed by atoms with Crippen molar-refractivity contribution in [3.05, 3.63) is 50.7 Å². The van der Waals surface area contributed by atoms with Gasteiger partial charge in [0.2, 0.25) is 5.91 Å². The second-order valence-corrected chi connectivity index (χ2v) is 7.31. The Labute approximate surface area is 165 Å². The Morgan fingerprint density at radius 1 is 1.28 bits per heavy atom. The van der Waals surface area contributed by atoms with Gasteiger partial charge in [-0.25, -0.2) is 0 Å². The molecule has 1 aromatic heterocycles. The van der Waals surface area contributed by atoms with Gasteiger partial charge in [-0.15, -0.1) is 0 Å². The fourth-order valence-electron chi connectivity index (χ4n) is 2.38. The number of nitrogens with one attached hydrogen (secondary N) is 1. The zero-order chi connectivity index (χ0) is 18.6. The number of carbonyl (C=O) groups is 2. The summed E-state index contributed by atoms with van der Waals surface area (Å²) in [6.45, 7) is 2.37. The molecule has 1 N–H and O–H groups in total. The van der Waals surface area contributed by atoms with Crippen molar-refractivity contribution in [2.45, 2.75) is 13.3 Å². The average Bonchev–Trinajstić information content (AvgIpc) is 2.87. The van der Waals surface area contributed by atoms with E-state index in [1.807, 2.05) is 6.92 Å².